The molecule has 19 heavy (non-hydrogen) atoms. The van der Waals surface area contributed by atoms with Crippen LogP contribution in [0.1, 0.15) is 18.9 Å². The van der Waals surface area contributed by atoms with E-state index in [4.69, 9.17) is 11.6 Å². The molecule has 3 nitrogen and oxygen atoms in total. The van der Waals surface area contributed by atoms with Crippen LogP contribution in [0.5, 0.6) is 0 Å². The third-order valence-corrected chi connectivity index (χ3v) is 3.49. The maximum absolute atomic E-state index is 12.2. The smallest absolute Gasteiger partial charge is 0.246 e. The summed E-state index contributed by atoms with van der Waals surface area (Å²) < 4.78 is 0. The summed E-state index contributed by atoms with van der Waals surface area (Å²) in [5.74, 6) is 0.0864. The number of amides is 1. The van der Waals surface area contributed by atoms with Gasteiger partial charge in [-0.15, -0.1) is 0 Å². The zero-order valence-corrected chi connectivity index (χ0v) is 11.9. The Hall–Kier alpha value is -1.32. The van der Waals surface area contributed by atoms with Crippen LogP contribution < -0.4 is 5.32 Å². The van der Waals surface area contributed by atoms with Gasteiger partial charge in [0.25, 0.3) is 0 Å². The summed E-state index contributed by atoms with van der Waals surface area (Å²) >= 11 is 5.83. The molecule has 0 bridgehead atoms. The molecule has 4 heteroatoms. The van der Waals surface area contributed by atoms with Crippen molar-refractivity contribution >= 4 is 23.6 Å². The van der Waals surface area contributed by atoms with Crippen molar-refractivity contribution in [2.75, 3.05) is 19.6 Å². The maximum atomic E-state index is 12.2. The highest BCUT2D eigenvalue weighted by Crippen LogP contribution is 2.12. The molecule has 102 valence electrons. The lowest BCUT2D eigenvalue weighted by Gasteiger charge is -2.37. The molecule has 1 N–H and O–H groups in total. The maximum Gasteiger partial charge on any atom is 0.246 e. The van der Waals surface area contributed by atoms with Gasteiger partial charge in [0.2, 0.25) is 5.91 Å². The lowest BCUT2D eigenvalue weighted by atomic mass is 10.1. The Balaban J connectivity index is 1.99. The quantitative estimate of drug-likeness (QED) is 0.840. The second-order valence-electron chi connectivity index (χ2n) is 4.73. The summed E-state index contributed by atoms with van der Waals surface area (Å²) in [5, 5.41) is 3.91. The lowest BCUT2D eigenvalue weighted by Crippen LogP contribution is -2.58. The Morgan fingerprint density at radius 3 is 2.63 bits per heavy atom. The Morgan fingerprint density at radius 2 is 2.11 bits per heavy atom. The van der Waals surface area contributed by atoms with Crippen molar-refractivity contribution in [2.45, 2.75) is 19.4 Å². The van der Waals surface area contributed by atoms with Crippen LogP contribution in [0.3, 0.4) is 0 Å². The molecule has 1 aliphatic rings. The number of nitrogens with one attached hydrogen (secondary N) is 1. The Labute approximate surface area is 119 Å². The molecule has 0 aliphatic carbocycles. The zero-order chi connectivity index (χ0) is 13.7. The highest BCUT2D eigenvalue weighted by Gasteiger charge is 2.26. The van der Waals surface area contributed by atoms with Gasteiger partial charge in [0.05, 0.1) is 6.04 Å². The summed E-state index contributed by atoms with van der Waals surface area (Å²) in [6, 6.07) is 7.81. The first-order valence-corrected chi connectivity index (χ1v) is 7.03. The van der Waals surface area contributed by atoms with Crippen molar-refractivity contribution in [3.05, 3.63) is 40.9 Å². The Kier molecular flexibility index (Phi) is 5.00. The average molecular weight is 279 g/mol. The molecule has 0 unspecified atom stereocenters. The third-order valence-electron chi connectivity index (χ3n) is 3.24. The van der Waals surface area contributed by atoms with Gasteiger partial charge in [0.15, 0.2) is 0 Å². The van der Waals surface area contributed by atoms with Crippen LogP contribution in [0.4, 0.5) is 0 Å². The van der Waals surface area contributed by atoms with E-state index in [-0.39, 0.29) is 5.91 Å². The SMILES string of the molecule is CCCN(C(=O)C=Cc1ccc(Cl)cc1)C1CNC1. The minimum Gasteiger partial charge on any atom is -0.334 e. The van der Waals surface area contributed by atoms with Crippen molar-refractivity contribution < 1.29 is 4.79 Å². The van der Waals surface area contributed by atoms with Crippen LogP contribution in [0.25, 0.3) is 6.08 Å². The van der Waals surface area contributed by atoms with Crippen LogP contribution in [0.2, 0.25) is 5.02 Å². The molecule has 1 saturated heterocycles. The van der Waals surface area contributed by atoms with Crippen LogP contribution in [0.15, 0.2) is 30.3 Å². The second-order valence-corrected chi connectivity index (χ2v) is 5.17. The molecular weight excluding hydrogens is 260 g/mol. The van der Waals surface area contributed by atoms with Crippen molar-refractivity contribution in [3.63, 3.8) is 0 Å². The average Bonchev–Trinajstić information content (AvgIpc) is 2.35. The van der Waals surface area contributed by atoms with Gasteiger partial charge in [-0.2, -0.15) is 0 Å². The molecule has 1 aromatic rings. The van der Waals surface area contributed by atoms with Gasteiger partial charge >= 0.3 is 0 Å². The normalized spacial score (nSPS) is 15.5. The van der Waals surface area contributed by atoms with Crippen LogP contribution in [-0.4, -0.2) is 36.5 Å². The molecule has 0 spiro atoms. The molecule has 1 heterocycles. The molecule has 0 radical (unpaired) electrons. The summed E-state index contributed by atoms with van der Waals surface area (Å²) in [5.41, 5.74) is 0.987. The zero-order valence-electron chi connectivity index (χ0n) is 11.1. The molecule has 1 amide bonds. The summed E-state index contributed by atoms with van der Waals surface area (Å²) in [7, 11) is 0. The van der Waals surface area contributed by atoms with E-state index in [9.17, 15) is 4.79 Å². The number of carbonyl (C=O) groups is 1. The standard InChI is InChI=1S/C15H19ClN2O/c1-2-9-18(14-10-17-11-14)15(19)8-5-12-3-6-13(16)7-4-12/h3-8,14,17H,2,9-11H2,1H3. The number of hydrogen-bond donors (Lipinski definition) is 1. The lowest BCUT2D eigenvalue weighted by molar-refractivity contribution is -0.129. The highest BCUT2D eigenvalue weighted by atomic mass is 35.5. The highest BCUT2D eigenvalue weighted by molar-refractivity contribution is 6.30. The minimum atomic E-state index is 0.0864. The second kappa shape index (κ2) is 6.73. The van der Waals surface area contributed by atoms with Gasteiger partial charge in [-0.05, 0) is 30.2 Å². The predicted molar refractivity (Wildman–Crippen MR) is 79.1 cm³/mol. The van der Waals surface area contributed by atoms with E-state index >= 15 is 0 Å². The van der Waals surface area contributed by atoms with E-state index in [1.807, 2.05) is 35.2 Å². The number of halogens is 1. The van der Waals surface area contributed by atoms with Gasteiger partial charge < -0.3 is 10.2 Å². The summed E-state index contributed by atoms with van der Waals surface area (Å²) in [6.45, 7) is 4.71. The molecule has 2 rings (SSSR count). The van der Waals surface area contributed by atoms with Crippen molar-refractivity contribution in [3.8, 4) is 0 Å². The first-order valence-electron chi connectivity index (χ1n) is 6.65. The van der Waals surface area contributed by atoms with Crippen molar-refractivity contribution in [1.29, 1.82) is 0 Å². The van der Waals surface area contributed by atoms with E-state index in [1.165, 1.54) is 0 Å². The van der Waals surface area contributed by atoms with Gasteiger partial charge in [-0.1, -0.05) is 30.7 Å². The van der Waals surface area contributed by atoms with Gasteiger partial charge in [0, 0.05) is 30.7 Å². The Morgan fingerprint density at radius 1 is 1.42 bits per heavy atom. The number of hydrogen-bond acceptors (Lipinski definition) is 2. The van der Waals surface area contributed by atoms with Crippen molar-refractivity contribution in [2.24, 2.45) is 0 Å². The van der Waals surface area contributed by atoms with E-state index in [2.05, 4.69) is 12.2 Å². The molecule has 1 fully saturated rings. The predicted octanol–water partition coefficient (Wildman–Crippen LogP) is 2.56. The van der Waals surface area contributed by atoms with E-state index in [1.54, 1.807) is 6.08 Å². The van der Waals surface area contributed by atoms with Gasteiger partial charge in [-0.25, -0.2) is 0 Å². The first kappa shape index (κ1) is 14.1. The Bertz CT molecular complexity index is 452. The third kappa shape index (κ3) is 3.82. The first-order chi connectivity index (χ1) is 9.20. The monoisotopic (exact) mass is 278 g/mol. The van der Waals surface area contributed by atoms with E-state index in [0.29, 0.717) is 11.1 Å². The molecule has 0 saturated carbocycles. The number of carbonyl (C=O) groups excluding carboxylic acids is 1. The number of benzene rings is 1. The number of nitrogens with zero attached hydrogens (tertiary/aromatic N) is 1. The van der Waals surface area contributed by atoms with E-state index in [0.717, 1.165) is 31.6 Å². The molecule has 1 aliphatic heterocycles. The van der Waals surface area contributed by atoms with Crippen LogP contribution in [0, 0.1) is 0 Å². The molecule has 0 aromatic heterocycles. The fourth-order valence-electron chi connectivity index (χ4n) is 2.04. The summed E-state index contributed by atoms with van der Waals surface area (Å²) in [6.07, 6.45) is 4.47. The molecular formula is C15H19ClN2O. The topological polar surface area (TPSA) is 32.3 Å². The van der Waals surface area contributed by atoms with E-state index < -0.39 is 0 Å². The molecule has 0 atom stereocenters. The van der Waals surface area contributed by atoms with Crippen LogP contribution >= 0.6 is 11.6 Å². The van der Waals surface area contributed by atoms with Gasteiger partial charge in [0.1, 0.15) is 0 Å². The number of rotatable bonds is 5. The largest absolute Gasteiger partial charge is 0.334 e. The summed E-state index contributed by atoms with van der Waals surface area (Å²) in [4.78, 5) is 14.1. The molecule has 1 aromatic carbocycles. The van der Waals surface area contributed by atoms with Crippen molar-refractivity contribution in [1.82, 2.24) is 10.2 Å². The fourth-order valence-corrected chi connectivity index (χ4v) is 2.17. The van der Waals surface area contributed by atoms with Crippen LogP contribution in [-0.2, 0) is 4.79 Å². The fraction of sp³-hybridized carbons (Fsp3) is 0.400. The minimum absolute atomic E-state index is 0.0864. The van der Waals surface area contributed by atoms with Gasteiger partial charge in [-0.3, -0.25) is 4.79 Å².